The SMILES string of the molecule is O=C1NC(=O)C(Cc2ccc(OC[C@@H]3NCCO[C@@H]3C(=O)OCc3ccccc3)cc2)S1. The van der Waals surface area contributed by atoms with Crippen LogP contribution in [-0.2, 0) is 32.1 Å². The third kappa shape index (κ3) is 5.87. The maximum absolute atomic E-state index is 12.6. The first kappa shape index (κ1) is 22.3. The number of ether oxygens (including phenoxy) is 3. The second-order valence-corrected chi connectivity index (χ2v) is 8.66. The van der Waals surface area contributed by atoms with Crippen LogP contribution in [-0.4, -0.2) is 54.3 Å². The third-order valence-corrected chi connectivity index (χ3v) is 6.15. The number of hydrogen-bond acceptors (Lipinski definition) is 8. The molecule has 3 atom stereocenters. The van der Waals surface area contributed by atoms with Gasteiger partial charge in [0, 0.05) is 6.54 Å². The predicted octanol–water partition coefficient (Wildman–Crippen LogP) is 2.06. The van der Waals surface area contributed by atoms with E-state index in [0.29, 0.717) is 25.3 Å². The minimum atomic E-state index is -0.748. The number of nitrogens with one attached hydrogen (secondary N) is 2. The monoisotopic (exact) mass is 456 g/mol. The number of rotatable bonds is 8. The second-order valence-electron chi connectivity index (χ2n) is 7.49. The first-order chi connectivity index (χ1) is 15.6. The highest BCUT2D eigenvalue weighted by molar-refractivity contribution is 8.15. The Kier molecular flexibility index (Phi) is 7.41. The second kappa shape index (κ2) is 10.6. The van der Waals surface area contributed by atoms with Gasteiger partial charge in [0.25, 0.3) is 5.24 Å². The van der Waals surface area contributed by atoms with Crippen molar-refractivity contribution in [1.29, 1.82) is 0 Å². The molecule has 0 bridgehead atoms. The molecule has 2 aliphatic rings. The van der Waals surface area contributed by atoms with Gasteiger partial charge in [0.1, 0.15) is 19.0 Å². The fraction of sp³-hybridized carbons (Fsp3) is 0.348. The van der Waals surface area contributed by atoms with Crippen LogP contribution in [0.4, 0.5) is 4.79 Å². The zero-order chi connectivity index (χ0) is 22.3. The van der Waals surface area contributed by atoms with Crippen LogP contribution in [0, 0.1) is 0 Å². The summed E-state index contributed by atoms with van der Waals surface area (Å²) in [6, 6.07) is 16.5. The van der Waals surface area contributed by atoms with Gasteiger partial charge in [0.2, 0.25) is 5.91 Å². The van der Waals surface area contributed by atoms with Crippen LogP contribution in [0.1, 0.15) is 11.1 Å². The van der Waals surface area contributed by atoms with Gasteiger partial charge in [-0.2, -0.15) is 0 Å². The van der Waals surface area contributed by atoms with Crippen LogP contribution in [0.5, 0.6) is 5.75 Å². The Morgan fingerprint density at radius 2 is 1.84 bits per heavy atom. The molecule has 8 nitrogen and oxygen atoms in total. The van der Waals surface area contributed by atoms with Crippen LogP contribution in [0.15, 0.2) is 54.6 Å². The molecule has 0 spiro atoms. The number of thioether (sulfide) groups is 1. The third-order valence-electron chi connectivity index (χ3n) is 5.17. The summed E-state index contributed by atoms with van der Waals surface area (Å²) < 4.78 is 16.9. The van der Waals surface area contributed by atoms with Gasteiger partial charge in [0.15, 0.2) is 6.10 Å². The van der Waals surface area contributed by atoms with Gasteiger partial charge in [-0.15, -0.1) is 0 Å². The van der Waals surface area contributed by atoms with Crippen LogP contribution in [0.2, 0.25) is 0 Å². The molecule has 32 heavy (non-hydrogen) atoms. The molecule has 2 aliphatic heterocycles. The van der Waals surface area contributed by atoms with Crippen LogP contribution >= 0.6 is 11.8 Å². The molecule has 1 unspecified atom stereocenters. The molecule has 4 rings (SSSR count). The Morgan fingerprint density at radius 1 is 1.06 bits per heavy atom. The quantitative estimate of drug-likeness (QED) is 0.582. The Bertz CT molecular complexity index is 953. The fourth-order valence-corrected chi connectivity index (χ4v) is 4.35. The van der Waals surface area contributed by atoms with E-state index in [-0.39, 0.29) is 30.4 Å². The van der Waals surface area contributed by atoms with Crippen LogP contribution in [0.25, 0.3) is 0 Å². The van der Waals surface area contributed by atoms with E-state index in [1.54, 1.807) is 12.1 Å². The van der Waals surface area contributed by atoms with Crippen LogP contribution in [0.3, 0.4) is 0 Å². The van der Waals surface area contributed by atoms with E-state index in [1.165, 1.54) is 0 Å². The Balaban J connectivity index is 1.28. The maximum atomic E-state index is 12.6. The standard InChI is InChI=1S/C23H24N2O6S/c26-21-19(32-23(28)25-21)12-15-6-8-17(9-7-15)30-14-18-20(29-11-10-24-18)22(27)31-13-16-4-2-1-3-5-16/h1-9,18-20,24H,10-14H2,(H,25,26,28)/t18-,19?,20-/m0/s1. The number of imide groups is 1. The minimum absolute atomic E-state index is 0.192. The molecule has 2 heterocycles. The van der Waals surface area contributed by atoms with E-state index in [1.807, 2.05) is 42.5 Å². The van der Waals surface area contributed by atoms with Gasteiger partial charge >= 0.3 is 5.97 Å². The summed E-state index contributed by atoms with van der Waals surface area (Å²) in [5.41, 5.74) is 1.84. The van der Waals surface area contributed by atoms with Crippen molar-refractivity contribution in [3.05, 3.63) is 65.7 Å². The lowest BCUT2D eigenvalue weighted by atomic mass is 10.1. The molecule has 2 fully saturated rings. The van der Waals surface area contributed by atoms with Crippen molar-refractivity contribution in [3.63, 3.8) is 0 Å². The van der Waals surface area contributed by atoms with E-state index in [9.17, 15) is 14.4 Å². The van der Waals surface area contributed by atoms with Crippen molar-refractivity contribution in [2.75, 3.05) is 19.8 Å². The minimum Gasteiger partial charge on any atom is -0.492 e. The summed E-state index contributed by atoms with van der Waals surface area (Å²) in [7, 11) is 0. The van der Waals surface area contributed by atoms with Gasteiger partial charge in [-0.1, -0.05) is 54.2 Å². The van der Waals surface area contributed by atoms with E-state index >= 15 is 0 Å². The fourth-order valence-electron chi connectivity index (χ4n) is 3.49. The van der Waals surface area contributed by atoms with Crippen molar-refractivity contribution in [2.24, 2.45) is 0 Å². The molecule has 9 heteroatoms. The number of benzene rings is 2. The predicted molar refractivity (Wildman–Crippen MR) is 118 cm³/mol. The molecule has 0 aromatic heterocycles. The first-order valence-electron chi connectivity index (χ1n) is 10.4. The lowest BCUT2D eigenvalue weighted by Gasteiger charge is -2.31. The van der Waals surface area contributed by atoms with E-state index in [4.69, 9.17) is 14.2 Å². The van der Waals surface area contributed by atoms with Crippen molar-refractivity contribution >= 4 is 28.9 Å². The molecule has 0 saturated carbocycles. The zero-order valence-corrected chi connectivity index (χ0v) is 18.1. The van der Waals surface area contributed by atoms with Crippen molar-refractivity contribution in [1.82, 2.24) is 10.6 Å². The van der Waals surface area contributed by atoms with E-state index in [0.717, 1.165) is 22.9 Å². The largest absolute Gasteiger partial charge is 0.492 e. The maximum Gasteiger partial charge on any atom is 0.337 e. The lowest BCUT2D eigenvalue weighted by molar-refractivity contribution is -0.164. The van der Waals surface area contributed by atoms with E-state index in [2.05, 4.69) is 10.6 Å². The average molecular weight is 457 g/mol. The lowest BCUT2D eigenvalue weighted by Crippen LogP contribution is -2.55. The van der Waals surface area contributed by atoms with Crippen molar-refractivity contribution in [3.8, 4) is 5.75 Å². The van der Waals surface area contributed by atoms with E-state index < -0.39 is 17.3 Å². The van der Waals surface area contributed by atoms with Gasteiger partial charge in [-0.25, -0.2) is 4.79 Å². The number of carbonyl (C=O) groups excluding carboxylic acids is 3. The van der Waals surface area contributed by atoms with Gasteiger partial charge in [0.05, 0.1) is 17.9 Å². The van der Waals surface area contributed by atoms with Gasteiger partial charge in [-0.05, 0) is 29.7 Å². The normalized spacial score (nSPS) is 22.9. The number of esters is 1. The highest BCUT2D eigenvalue weighted by Crippen LogP contribution is 2.24. The molecule has 0 aliphatic carbocycles. The molecule has 2 N–H and O–H groups in total. The summed E-state index contributed by atoms with van der Waals surface area (Å²) >= 11 is 1.01. The Morgan fingerprint density at radius 3 is 2.56 bits per heavy atom. The van der Waals surface area contributed by atoms with Gasteiger partial charge < -0.3 is 19.5 Å². The summed E-state index contributed by atoms with van der Waals surface area (Å²) in [6.07, 6.45) is -0.280. The highest BCUT2D eigenvalue weighted by Gasteiger charge is 2.34. The average Bonchev–Trinajstić information content (AvgIpc) is 3.14. The Labute approximate surface area is 190 Å². The van der Waals surface area contributed by atoms with Crippen molar-refractivity contribution < 1.29 is 28.6 Å². The molecular weight excluding hydrogens is 432 g/mol. The molecule has 0 radical (unpaired) electrons. The summed E-state index contributed by atoms with van der Waals surface area (Å²) in [6.45, 7) is 1.47. The number of hydrogen-bond donors (Lipinski definition) is 2. The smallest absolute Gasteiger partial charge is 0.337 e. The molecule has 2 saturated heterocycles. The van der Waals surface area contributed by atoms with Crippen LogP contribution < -0.4 is 15.4 Å². The number of amides is 2. The molecule has 2 amide bonds. The molecule has 2 aromatic rings. The summed E-state index contributed by atoms with van der Waals surface area (Å²) in [4.78, 5) is 35.6. The number of carbonyl (C=O) groups is 3. The number of morpholine rings is 1. The topological polar surface area (TPSA) is 103 Å². The molecule has 2 aromatic carbocycles. The molecule has 168 valence electrons. The molecular formula is C23H24N2O6S. The van der Waals surface area contributed by atoms with Crippen molar-refractivity contribution in [2.45, 2.75) is 30.4 Å². The van der Waals surface area contributed by atoms with Gasteiger partial charge in [-0.3, -0.25) is 14.9 Å². The Hall–Kier alpha value is -2.88. The zero-order valence-electron chi connectivity index (χ0n) is 17.3. The summed E-state index contributed by atoms with van der Waals surface area (Å²) in [5, 5.41) is 4.84. The highest BCUT2D eigenvalue weighted by atomic mass is 32.2. The first-order valence-corrected chi connectivity index (χ1v) is 11.3. The summed E-state index contributed by atoms with van der Waals surface area (Å²) in [5.74, 6) is -0.0436.